The van der Waals surface area contributed by atoms with Crippen LogP contribution in [0.4, 0.5) is 0 Å². The molecule has 1 nitrogen and oxygen atoms in total. The molecule has 0 bridgehead atoms. The fourth-order valence-electron chi connectivity index (χ4n) is 1.80. The van der Waals surface area contributed by atoms with Crippen molar-refractivity contribution < 1.29 is 4.74 Å². The van der Waals surface area contributed by atoms with Gasteiger partial charge in [-0.1, -0.05) is 11.6 Å². The summed E-state index contributed by atoms with van der Waals surface area (Å²) in [6.07, 6.45) is 2.20. The highest BCUT2D eigenvalue weighted by Crippen LogP contribution is 2.36. The Hall–Kier alpha value is -0.690. The summed E-state index contributed by atoms with van der Waals surface area (Å²) < 4.78 is 5.56. The fraction of sp³-hybridized carbons (Fsp3) is 0.455. The smallest absolute Gasteiger partial charge is 0.141 e. The first-order valence-electron chi connectivity index (χ1n) is 4.61. The molecule has 2 rings (SSSR count). The molecule has 13 heavy (non-hydrogen) atoms. The lowest BCUT2D eigenvalue weighted by Gasteiger charge is -2.21. The molecule has 70 valence electrons. The van der Waals surface area contributed by atoms with Crippen LogP contribution in [0, 0.1) is 13.8 Å². The second kappa shape index (κ2) is 3.22. The van der Waals surface area contributed by atoms with Gasteiger partial charge in [-0.15, -0.1) is 0 Å². The highest BCUT2D eigenvalue weighted by molar-refractivity contribution is 6.32. The molecule has 0 radical (unpaired) electrons. The Bertz CT molecular complexity index is 344. The third-order valence-corrected chi connectivity index (χ3v) is 2.98. The standard InChI is InChI=1S/C11H13ClO/c1-7-6-10(12)11-9(8(7)2)4-3-5-13-11/h6H,3-5H2,1-2H3. The average Bonchev–Trinajstić information content (AvgIpc) is 2.15. The largest absolute Gasteiger partial charge is 0.492 e. The highest BCUT2D eigenvalue weighted by atomic mass is 35.5. The zero-order valence-electron chi connectivity index (χ0n) is 7.98. The van der Waals surface area contributed by atoms with E-state index in [0.29, 0.717) is 0 Å². The molecule has 1 aliphatic heterocycles. The third-order valence-electron chi connectivity index (χ3n) is 2.70. The van der Waals surface area contributed by atoms with Crippen LogP contribution in [0.1, 0.15) is 23.1 Å². The second-order valence-electron chi connectivity index (χ2n) is 3.56. The first kappa shape index (κ1) is 8.89. The van der Waals surface area contributed by atoms with Gasteiger partial charge in [0.2, 0.25) is 0 Å². The number of fused-ring (bicyclic) bond motifs is 1. The predicted octanol–water partition coefficient (Wildman–Crippen LogP) is 3.28. The van der Waals surface area contributed by atoms with Crippen LogP contribution in [0.5, 0.6) is 5.75 Å². The lowest BCUT2D eigenvalue weighted by Crippen LogP contribution is -2.10. The van der Waals surface area contributed by atoms with Gasteiger partial charge in [0.25, 0.3) is 0 Å². The van der Waals surface area contributed by atoms with E-state index < -0.39 is 0 Å². The molecule has 0 unspecified atom stereocenters. The minimum atomic E-state index is 0.762. The Morgan fingerprint density at radius 3 is 2.92 bits per heavy atom. The maximum absolute atomic E-state index is 6.09. The summed E-state index contributed by atoms with van der Waals surface area (Å²) in [6.45, 7) is 5.03. The van der Waals surface area contributed by atoms with Gasteiger partial charge in [0.05, 0.1) is 11.6 Å². The van der Waals surface area contributed by atoms with E-state index in [9.17, 15) is 0 Å². The second-order valence-corrected chi connectivity index (χ2v) is 3.97. The molecule has 1 aromatic carbocycles. The average molecular weight is 197 g/mol. The summed E-state index contributed by atoms with van der Waals surface area (Å²) in [4.78, 5) is 0. The predicted molar refractivity (Wildman–Crippen MR) is 54.7 cm³/mol. The Morgan fingerprint density at radius 1 is 1.38 bits per heavy atom. The first-order chi connectivity index (χ1) is 6.20. The van der Waals surface area contributed by atoms with Crippen molar-refractivity contribution in [2.24, 2.45) is 0 Å². The van der Waals surface area contributed by atoms with Crippen LogP contribution in [-0.4, -0.2) is 6.61 Å². The summed E-state index contributed by atoms with van der Waals surface area (Å²) >= 11 is 6.09. The Balaban J connectivity index is 2.63. The van der Waals surface area contributed by atoms with Crippen molar-refractivity contribution in [3.05, 3.63) is 27.8 Å². The van der Waals surface area contributed by atoms with Gasteiger partial charge in [-0.05, 0) is 49.4 Å². The number of aryl methyl sites for hydroxylation is 1. The van der Waals surface area contributed by atoms with Crippen molar-refractivity contribution in [2.75, 3.05) is 6.61 Å². The van der Waals surface area contributed by atoms with Crippen molar-refractivity contribution in [3.8, 4) is 5.75 Å². The lowest BCUT2D eigenvalue weighted by molar-refractivity contribution is 0.288. The van der Waals surface area contributed by atoms with Crippen LogP contribution >= 0.6 is 11.6 Å². The maximum atomic E-state index is 6.09. The Labute approximate surface area is 83.7 Å². The van der Waals surface area contributed by atoms with Crippen LogP contribution in [-0.2, 0) is 6.42 Å². The molecule has 0 saturated heterocycles. The van der Waals surface area contributed by atoms with Gasteiger partial charge in [0.15, 0.2) is 0 Å². The maximum Gasteiger partial charge on any atom is 0.141 e. The van der Waals surface area contributed by atoms with E-state index in [0.717, 1.165) is 30.2 Å². The van der Waals surface area contributed by atoms with E-state index >= 15 is 0 Å². The number of halogens is 1. The lowest BCUT2D eigenvalue weighted by atomic mass is 9.97. The zero-order valence-corrected chi connectivity index (χ0v) is 8.74. The molecule has 1 heterocycles. The summed E-state index contributed by atoms with van der Waals surface area (Å²) in [6, 6.07) is 1.99. The van der Waals surface area contributed by atoms with E-state index in [4.69, 9.17) is 16.3 Å². The number of benzene rings is 1. The van der Waals surface area contributed by atoms with Crippen LogP contribution in [0.15, 0.2) is 6.07 Å². The van der Waals surface area contributed by atoms with Gasteiger partial charge in [-0.25, -0.2) is 0 Å². The number of hydrogen-bond acceptors (Lipinski definition) is 1. The SMILES string of the molecule is Cc1cc(Cl)c2c(c1C)CCCO2. The molecule has 0 aromatic heterocycles. The Morgan fingerprint density at radius 2 is 2.15 bits per heavy atom. The van der Waals surface area contributed by atoms with Crippen molar-refractivity contribution in [1.29, 1.82) is 0 Å². The zero-order chi connectivity index (χ0) is 9.42. The van der Waals surface area contributed by atoms with Crippen molar-refractivity contribution in [2.45, 2.75) is 26.7 Å². The van der Waals surface area contributed by atoms with Gasteiger partial charge < -0.3 is 4.74 Å². The van der Waals surface area contributed by atoms with Gasteiger partial charge in [-0.2, -0.15) is 0 Å². The molecule has 0 aliphatic carbocycles. The van der Waals surface area contributed by atoms with Crippen LogP contribution in [0.2, 0.25) is 5.02 Å². The summed E-state index contributed by atoms with van der Waals surface area (Å²) in [5.41, 5.74) is 3.89. The highest BCUT2D eigenvalue weighted by Gasteiger charge is 2.17. The van der Waals surface area contributed by atoms with E-state index in [1.807, 2.05) is 6.07 Å². The van der Waals surface area contributed by atoms with E-state index in [2.05, 4.69) is 13.8 Å². The molecule has 0 atom stereocenters. The molecular formula is C11H13ClO. The normalized spacial score (nSPS) is 15.0. The van der Waals surface area contributed by atoms with Crippen molar-refractivity contribution >= 4 is 11.6 Å². The molecule has 0 amide bonds. The number of hydrogen-bond donors (Lipinski definition) is 0. The molecule has 0 saturated carbocycles. The number of rotatable bonds is 0. The topological polar surface area (TPSA) is 9.23 Å². The van der Waals surface area contributed by atoms with Crippen LogP contribution in [0.25, 0.3) is 0 Å². The van der Waals surface area contributed by atoms with Gasteiger partial charge >= 0.3 is 0 Å². The quantitative estimate of drug-likeness (QED) is 0.619. The van der Waals surface area contributed by atoms with Crippen molar-refractivity contribution in [1.82, 2.24) is 0 Å². The minimum absolute atomic E-state index is 0.762. The summed E-state index contributed by atoms with van der Waals surface area (Å²) in [7, 11) is 0. The molecular weight excluding hydrogens is 184 g/mol. The van der Waals surface area contributed by atoms with E-state index in [-0.39, 0.29) is 0 Å². The fourth-order valence-corrected chi connectivity index (χ4v) is 2.13. The Kier molecular flexibility index (Phi) is 2.20. The minimum Gasteiger partial charge on any atom is -0.492 e. The molecule has 1 aromatic rings. The summed E-state index contributed by atoms with van der Waals surface area (Å²) in [5, 5.41) is 0.762. The van der Waals surface area contributed by atoms with Gasteiger partial charge in [0.1, 0.15) is 5.75 Å². The number of ether oxygens (including phenoxy) is 1. The van der Waals surface area contributed by atoms with Crippen LogP contribution < -0.4 is 4.74 Å². The molecule has 0 spiro atoms. The monoisotopic (exact) mass is 196 g/mol. The summed E-state index contributed by atoms with van der Waals surface area (Å²) in [5.74, 6) is 0.913. The molecule has 1 aliphatic rings. The molecule has 0 N–H and O–H groups in total. The molecule has 2 heteroatoms. The molecule has 0 fully saturated rings. The first-order valence-corrected chi connectivity index (χ1v) is 4.99. The third kappa shape index (κ3) is 1.42. The van der Waals surface area contributed by atoms with Gasteiger partial charge in [-0.3, -0.25) is 0 Å². The van der Waals surface area contributed by atoms with Gasteiger partial charge in [0, 0.05) is 0 Å². The van der Waals surface area contributed by atoms with Crippen molar-refractivity contribution in [3.63, 3.8) is 0 Å². The van der Waals surface area contributed by atoms with Crippen LogP contribution in [0.3, 0.4) is 0 Å². The van der Waals surface area contributed by atoms with E-state index in [1.165, 1.54) is 16.7 Å². The van der Waals surface area contributed by atoms with E-state index in [1.54, 1.807) is 0 Å².